The van der Waals surface area contributed by atoms with E-state index in [1.165, 1.54) is 6.21 Å². The van der Waals surface area contributed by atoms with Crippen molar-refractivity contribution in [1.82, 2.24) is 5.43 Å². The highest BCUT2D eigenvalue weighted by molar-refractivity contribution is 9.11. The van der Waals surface area contributed by atoms with Gasteiger partial charge < -0.3 is 5.11 Å². The number of hydrogen-bond acceptors (Lipinski definition) is 3. The van der Waals surface area contributed by atoms with Gasteiger partial charge in [-0.3, -0.25) is 4.79 Å². The van der Waals surface area contributed by atoms with Gasteiger partial charge in [0.2, 0.25) is 5.91 Å². The number of phenolic OH excluding ortho intramolecular Hbond substituents is 1. The summed E-state index contributed by atoms with van der Waals surface area (Å²) in [5, 5.41) is 13.5. The highest BCUT2D eigenvalue weighted by atomic mass is 79.9. The van der Waals surface area contributed by atoms with Gasteiger partial charge >= 0.3 is 0 Å². The number of hydrogen-bond donors (Lipinski definition) is 2. The lowest BCUT2D eigenvalue weighted by atomic mass is 10.1. The number of nitrogens with one attached hydrogen (secondary N) is 1. The van der Waals surface area contributed by atoms with Crippen LogP contribution in [0.2, 0.25) is 0 Å². The maximum absolute atomic E-state index is 11.7. The van der Waals surface area contributed by atoms with Crippen molar-refractivity contribution < 1.29 is 9.90 Å². The minimum atomic E-state index is -0.186. The van der Waals surface area contributed by atoms with Gasteiger partial charge in [0.1, 0.15) is 5.75 Å². The number of halogens is 2. The molecule has 2 rings (SSSR count). The topological polar surface area (TPSA) is 61.7 Å². The van der Waals surface area contributed by atoms with Crippen LogP contribution in [0.4, 0.5) is 0 Å². The maximum Gasteiger partial charge on any atom is 0.244 e. The van der Waals surface area contributed by atoms with Crippen LogP contribution in [-0.4, -0.2) is 17.2 Å². The monoisotopic (exact) mass is 410 g/mol. The average molecular weight is 412 g/mol. The van der Waals surface area contributed by atoms with E-state index < -0.39 is 0 Å². The predicted molar refractivity (Wildman–Crippen MR) is 89.4 cm³/mol. The molecule has 0 heterocycles. The number of amides is 1. The smallest absolute Gasteiger partial charge is 0.244 e. The van der Waals surface area contributed by atoms with E-state index in [0.29, 0.717) is 8.95 Å². The maximum atomic E-state index is 11.7. The summed E-state index contributed by atoms with van der Waals surface area (Å²) >= 11 is 6.47. The fraction of sp³-hybridized carbons (Fsp3) is 0.0667. The summed E-state index contributed by atoms with van der Waals surface area (Å²) in [6.07, 6.45) is 1.79. The van der Waals surface area contributed by atoms with Crippen LogP contribution in [0.1, 0.15) is 11.1 Å². The number of aromatic hydroxyl groups is 1. The molecule has 6 heteroatoms. The first-order chi connectivity index (χ1) is 10.1. The van der Waals surface area contributed by atoms with Crippen LogP contribution < -0.4 is 5.43 Å². The van der Waals surface area contributed by atoms with Crippen molar-refractivity contribution in [3.63, 3.8) is 0 Å². The molecule has 0 spiro atoms. The number of carbonyl (C=O) groups excluding carboxylic acids is 1. The molecule has 108 valence electrons. The lowest BCUT2D eigenvalue weighted by Gasteiger charge is -2.02. The van der Waals surface area contributed by atoms with Gasteiger partial charge in [-0.15, -0.1) is 0 Å². The van der Waals surface area contributed by atoms with E-state index in [4.69, 9.17) is 0 Å². The zero-order chi connectivity index (χ0) is 15.2. The second-order valence-corrected chi connectivity index (χ2v) is 6.00. The van der Waals surface area contributed by atoms with E-state index in [0.717, 1.165) is 11.1 Å². The normalized spacial score (nSPS) is 10.8. The molecule has 0 saturated carbocycles. The van der Waals surface area contributed by atoms with E-state index in [1.807, 2.05) is 30.3 Å². The van der Waals surface area contributed by atoms with Crippen molar-refractivity contribution >= 4 is 44.0 Å². The van der Waals surface area contributed by atoms with Crippen LogP contribution in [0.3, 0.4) is 0 Å². The summed E-state index contributed by atoms with van der Waals surface area (Å²) < 4.78 is 1.10. The van der Waals surface area contributed by atoms with Gasteiger partial charge in [0.15, 0.2) is 0 Å². The molecule has 0 aliphatic rings. The van der Waals surface area contributed by atoms with E-state index in [2.05, 4.69) is 42.4 Å². The Morgan fingerprint density at radius 3 is 2.43 bits per heavy atom. The molecule has 4 nitrogen and oxygen atoms in total. The van der Waals surface area contributed by atoms with Crippen molar-refractivity contribution in [2.75, 3.05) is 0 Å². The highest BCUT2D eigenvalue weighted by Crippen LogP contribution is 2.32. The first-order valence-corrected chi connectivity index (χ1v) is 7.68. The van der Waals surface area contributed by atoms with E-state index in [9.17, 15) is 9.90 Å². The van der Waals surface area contributed by atoms with Gasteiger partial charge in [-0.25, -0.2) is 5.43 Å². The van der Waals surface area contributed by atoms with Crippen molar-refractivity contribution in [3.05, 3.63) is 62.5 Å². The summed E-state index contributed by atoms with van der Waals surface area (Å²) in [6, 6.07) is 12.9. The second-order valence-electron chi connectivity index (χ2n) is 4.29. The number of nitrogens with zero attached hydrogens (tertiary/aromatic N) is 1. The minimum Gasteiger partial charge on any atom is -0.506 e. The van der Waals surface area contributed by atoms with Gasteiger partial charge in [0.05, 0.1) is 21.6 Å². The summed E-state index contributed by atoms with van der Waals surface area (Å²) in [5.41, 5.74) is 4.14. The molecule has 0 unspecified atom stereocenters. The summed E-state index contributed by atoms with van der Waals surface area (Å²) in [5.74, 6) is -0.0605. The number of benzene rings is 2. The highest BCUT2D eigenvalue weighted by Gasteiger charge is 2.05. The molecule has 0 fully saturated rings. The quantitative estimate of drug-likeness (QED) is 0.596. The molecular weight excluding hydrogens is 400 g/mol. The van der Waals surface area contributed by atoms with Crippen LogP contribution in [0.25, 0.3) is 0 Å². The van der Waals surface area contributed by atoms with Crippen LogP contribution in [-0.2, 0) is 11.2 Å². The first kappa shape index (κ1) is 15.7. The fourth-order valence-corrected chi connectivity index (χ4v) is 2.88. The van der Waals surface area contributed by atoms with E-state index in [1.54, 1.807) is 12.1 Å². The molecule has 2 aromatic rings. The van der Waals surface area contributed by atoms with Crippen molar-refractivity contribution in [1.29, 1.82) is 0 Å². The fourth-order valence-electron chi connectivity index (χ4n) is 1.66. The van der Waals surface area contributed by atoms with Gasteiger partial charge in [-0.1, -0.05) is 30.3 Å². The Labute approximate surface area is 139 Å². The van der Waals surface area contributed by atoms with E-state index in [-0.39, 0.29) is 18.1 Å². The number of phenols is 1. The summed E-state index contributed by atoms with van der Waals surface area (Å²) in [6.45, 7) is 0. The minimum absolute atomic E-state index is 0.125. The Kier molecular flexibility index (Phi) is 5.52. The lowest BCUT2D eigenvalue weighted by molar-refractivity contribution is -0.120. The van der Waals surface area contributed by atoms with Crippen molar-refractivity contribution in [2.24, 2.45) is 5.10 Å². The van der Waals surface area contributed by atoms with Crippen LogP contribution in [0, 0.1) is 0 Å². The Balaban J connectivity index is 1.95. The second kappa shape index (κ2) is 7.38. The first-order valence-electron chi connectivity index (χ1n) is 6.10. The molecule has 1 amide bonds. The summed E-state index contributed by atoms with van der Waals surface area (Å²) in [4.78, 5) is 11.7. The Hall–Kier alpha value is -1.66. The van der Waals surface area contributed by atoms with Gasteiger partial charge in [0.25, 0.3) is 0 Å². The average Bonchev–Trinajstić information content (AvgIpc) is 2.45. The molecule has 0 aliphatic heterocycles. The predicted octanol–water partition coefficient (Wildman–Crippen LogP) is 3.61. The third-order valence-corrected chi connectivity index (χ3v) is 3.86. The SMILES string of the molecule is O=C(Cc1ccccc1)N/N=C/c1cc(Br)c(O)c(Br)c1. The largest absolute Gasteiger partial charge is 0.506 e. The van der Waals surface area contributed by atoms with Gasteiger partial charge in [-0.2, -0.15) is 5.10 Å². The zero-order valence-corrected chi connectivity index (χ0v) is 14.1. The van der Waals surface area contributed by atoms with Crippen LogP contribution in [0.5, 0.6) is 5.75 Å². The molecule has 0 aromatic heterocycles. The molecule has 0 atom stereocenters. The third-order valence-electron chi connectivity index (χ3n) is 2.65. The number of rotatable bonds is 4. The van der Waals surface area contributed by atoms with E-state index >= 15 is 0 Å². The molecule has 0 bridgehead atoms. The number of carbonyl (C=O) groups is 1. The van der Waals surface area contributed by atoms with Crippen molar-refractivity contribution in [2.45, 2.75) is 6.42 Å². The molecule has 2 aromatic carbocycles. The molecule has 21 heavy (non-hydrogen) atoms. The summed E-state index contributed by atoms with van der Waals surface area (Å²) in [7, 11) is 0. The number of hydrazone groups is 1. The van der Waals surface area contributed by atoms with Crippen molar-refractivity contribution in [3.8, 4) is 5.75 Å². The Morgan fingerprint density at radius 1 is 1.19 bits per heavy atom. The molecule has 0 saturated heterocycles. The molecule has 0 aliphatic carbocycles. The Bertz CT molecular complexity index is 650. The van der Waals surface area contributed by atoms with Gasteiger partial charge in [-0.05, 0) is 55.1 Å². The zero-order valence-electron chi connectivity index (χ0n) is 10.9. The van der Waals surface area contributed by atoms with Crippen LogP contribution >= 0.6 is 31.9 Å². The molecule has 2 N–H and O–H groups in total. The Morgan fingerprint density at radius 2 is 1.81 bits per heavy atom. The third kappa shape index (κ3) is 4.68. The lowest BCUT2D eigenvalue weighted by Crippen LogP contribution is -2.19. The standard InChI is InChI=1S/C15H12Br2N2O2/c16-12-6-11(7-13(17)15(12)21)9-18-19-14(20)8-10-4-2-1-3-5-10/h1-7,9,21H,8H2,(H,19,20)/b18-9+. The van der Waals surface area contributed by atoms with Crippen LogP contribution in [0.15, 0.2) is 56.5 Å². The molecular formula is C15H12Br2N2O2. The molecule has 0 radical (unpaired) electrons. The van der Waals surface area contributed by atoms with Gasteiger partial charge in [0, 0.05) is 0 Å².